The topological polar surface area (TPSA) is 20.3 Å². The molecule has 1 aliphatic heterocycles. The first-order valence-corrected chi connectivity index (χ1v) is 6.64. The Kier molecular flexibility index (Phi) is 3.77. The Morgan fingerprint density at radius 2 is 2.19 bits per heavy atom. The van der Waals surface area contributed by atoms with Crippen LogP contribution in [0.15, 0.2) is 18.2 Å². The highest BCUT2D eigenvalue weighted by Gasteiger charge is 2.26. The molecule has 2 nitrogen and oxygen atoms in total. The number of rotatable bonds is 1. The van der Waals surface area contributed by atoms with E-state index in [4.69, 9.17) is 23.2 Å². The standard InChI is InChI=1S/C11H10BrCl2NO/c12-7-4-5-15(6-7)11(16)8-2-1-3-9(13)10(8)14/h1-3,7H,4-6H2. The van der Waals surface area contributed by atoms with Crippen LogP contribution in [0, 0.1) is 0 Å². The molecule has 1 heterocycles. The number of halogens is 3. The van der Waals surface area contributed by atoms with Crippen molar-refractivity contribution >= 4 is 45.0 Å². The molecule has 1 amide bonds. The van der Waals surface area contributed by atoms with Gasteiger partial charge in [0.15, 0.2) is 0 Å². The van der Waals surface area contributed by atoms with Crippen LogP contribution in [0.25, 0.3) is 0 Å². The van der Waals surface area contributed by atoms with Crippen molar-refractivity contribution in [2.75, 3.05) is 13.1 Å². The summed E-state index contributed by atoms with van der Waals surface area (Å²) in [5.41, 5.74) is 0.482. The van der Waals surface area contributed by atoms with Crippen LogP contribution >= 0.6 is 39.1 Å². The fourth-order valence-corrected chi connectivity index (χ4v) is 2.68. The van der Waals surface area contributed by atoms with E-state index in [-0.39, 0.29) is 5.91 Å². The summed E-state index contributed by atoms with van der Waals surface area (Å²) in [6.45, 7) is 1.49. The molecule has 0 spiro atoms. The first-order chi connectivity index (χ1) is 7.59. The molecular formula is C11H10BrCl2NO. The zero-order chi connectivity index (χ0) is 11.7. The van der Waals surface area contributed by atoms with Crippen LogP contribution in [0.2, 0.25) is 10.0 Å². The van der Waals surface area contributed by atoms with E-state index in [9.17, 15) is 4.79 Å². The lowest BCUT2D eigenvalue weighted by molar-refractivity contribution is 0.0793. The molecule has 86 valence electrons. The Labute approximate surface area is 113 Å². The van der Waals surface area contributed by atoms with Gasteiger partial charge >= 0.3 is 0 Å². The fraction of sp³-hybridized carbons (Fsp3) is 0.364. The molecule has 0 radical (unpaired) electrons. The van der Waals surface area contributed by atoms with Crippen molar-refractivity contribution in [1.29, 1.82) is 0 Å². The van der Waals surface area contributed by atoms with Gasteiger partial charge in [0.05, 0.1) is 15.6 Å². The average Bonchev–Trinajstić information content (AvgIpc) is 2.68. The zero-order valence-corrected chi connectivity index (χ0v) is 11.5. The van der Waals surface area contributed by atoms with Gasteiger partial charge in [-0.1, -0.05) is 45.2 Å². The lowest BCUT2D eigenvalue weighted by atomic mass is 10.2. The maximum absolute atomic E-state index is 12.1. The summed E-state index contributed by atoms with van der Waals surface area (Å²) in [5, 5.41) is 0.759. The van der Waals surface area contributed by atoms with E-state index in [1.807, 2.05) is 0 Å². The Morgan fingerprint density at radius 3 is 2.81 bits per heavy atom. The molecule has 0 N–H and O–H groups in total. The van der Waals surface area contributed by atoms with Crippen molar-refractivity contribution < 1.29 is 4.79 Å². The van der Waals surface area contributed by atoms with E-state index in [2.05, 4.69) is 15.9 Å². The van der Waals surface area contributed by atoms with Crippen LogP contribution in [-0.4, -0.2) is 28.7 Å². The number of likely N-dealkylation sites (tertiary alicyclic amines) is 1. The van der Waals surface area contributed by atoms with E-state index < -0.39 is 0 Å². The van der Waals surface area contributed by atoms with Gasteiger partial charge in [0.25, 0.3) is 5.91 Å². The molecule has 0 bridgehead atoms. The summed E-state index contributed by atoms with van der Waals surface area (Å²) in [6.07, 6.45) is 0.976. The van der Waals surface area contributed by atoms with Gasteiger partial charge < -0.3 is 4.90 Å². The monoisotopic (exact) mass is 321 g/mol. The molecule has 2 rings (SSSR count). The minimum atomic E-state index is -0.0468. The predicted molar refractivity (Wildman–Crippen MR) is 69.7 cm³/mol. The minimum absolute atomic E-state index is 0.0468. The highest BCUT2D eigenvalue weighted by atomic mass is 79.9. The SMILES string of the molecule is O=C(c1cccc(Cl)c1Cl)N1CCC(Br)C1. The van der Waals surface area contributed by atoms with Gasteiger partial charge in [0.2, 0.25) is 0 Å². The summed E-state index contributed by atoms with van der Waals surface area (Å²) in [6, 6.07) is 5.12. The molecule has 1 aromatic rings. The van der Waals surface area contributed by atoms with Crippen molar-refractivity contribution in [3.8, 4) is 0 Å². The van der Waals surface area contributed by atoms with Gasteiger partial charge in [-0.15, -0.1) is 0 Å². The third-order valence-corrected chi connectivity index (χ3v) is 4.17. The Hall–Kier alpha value is -0.250. The second-order valence-electron chi connectivity index (χ2n) is 3.74. The van der Waals surface area contributed by atoms with Crippen LogP contribution in [0.4, 0.5) is 0 Å². The van der Waals surface area contributed by atoms with E-state index in [0.29, 0.717) is 20.4 Å². The second-order valence-corrected chi connectivity index (χ2v) is 5.82. The summed E-state index contributed by atoms with van der Waals surface area (Å²) in [7, 11) is 0. The first-order valence-electron chi connectivity index (χ1n) is 4.97. The summed E-state index contributed by atoms with van der Waals surface area (Å²) in [5.74, 6) is -0.0468. The van der Waals surface area contributed by atoms with Gasteiger partial charge in [0.1, 0.15) is 0 Å². The van der Waals surface area contributed by atoms with Crippen LogP contribution in [0.5, 0.6) is 0 Å². The maximum atomic E-state index is 12.1. The quantitative estimate of drug-likeness (QED) is 0.723. The average molecular weight is 323 g/mol. The van der Waals surface area contributed by atoms with Gasteiger partial charge in [-0.3, -0.25) is 4.79 Å². The number of hydrogen-bond donors (Lipinski definition) is 0. The molecule has 1 aromatic carbocycles. The van der Waals surface area contributed by atoms with Crippen LogP contribution in [0.1, 0.15) is 16.8 Å². The molecule has 0 aliphatic carbocycles. The first kappa shape index (κ1) is 12.2. The summed E-state index contributed by atoms with van der Waals surface area (Å²) >= 11 is 15.4. The van der Waals surface area contributed by atoms with E-state index >= 15 is 0 Å². The van der Waals surface area contributed by atoms with E-state index in [1.165, 1.54) is 0 Å². The largest absolute Gasteiger partial charge is 0.337 e. The number of hydrogen-bond acceptors (Lipinski definition) is 1. The predicted octanol–water partition coefficient (Wildman–Crippen LogP) is 3.60. The number of amides is 1. The van der Waals surface area contributed by atoms with E-state index in [0.717, 1.165) is 19.5 Å². The number of carbonyl (C=O) groups is 1. The third-order valence-electron chi connectivity index (χ3n) is 2.60. The molecule has 1 fully saturated rings. The molecule has 1 aliphatic rings. The molecule has 1 atom stereocenters. The van der Waals surface area contributed by atoms with Crippen molar-refractivity contribution in [2.45, 2.75) is 11.2 Å². The van der Waals surface area contributed by atoms with Gasteiger partial charge in [-0.25, -0.2) is 0 Å². The summed E-state index contributed by atoms with van der Waals surface area (Å²) in [4.78, 5) is 14.3. The molecule has 5 heteroatoms. The maximum Gasteiger partial charge on any atom is 0.255 e. The number of nitrogens with zero attached hydrogens (tertiary/aromatic N) is 1. The van der Waals surface area contributed by atoms with Crippen molar-refractivity contribution in [3.63, 3.8) is 0 Å². The second kappa shape index (κ2) is 4.94. The smallest absolute Gasteiger partial charge is 0.255 e. The highest BCUT2D eigenvalue weighted by molar-refractivity contribution is 9.09. The molecule has 0 aromatic heterocycles. The third kappa shape index (κ3) is 2.36. The van der Waals surface area contributed by atoms with Gasteiger partial charge in [-0.2, -0.15) is 0 Å². The van der Waals surface area contributed by atoms with Crippen molar-refractivity contribution in [1.82, 2.24) is 4.90 Å². The number of benzene rings is 1. The fourth-order valence-electron chi connectivity index (χ4n) is 1.74. The number of carbonyl (C=O) groups excluding carboxylic acids is 1. The molecular weight excluding hydrogens is 313 g/mol. The van der Waals surface area contributed by atoms with Gasteiger partial charge in [0, 0.05) is 17.9 Å². The van der Waals surface area contributed by atoms with E-state index in [1.54, 1.807) is 23.1 Å². The normalized spacial score (nSPS) is 20.2. The van der Waals surface area contributed by atoms with Crippen LogP contribution in [-0.2, 0) is 0 Å². The minimum Gasteiger partial charge on any atom is -0.337 e. The number of alkyl halides is 1. The lowest BCUT2D eigenvalue weighted by Crippen LogP contribution is -2.29. The molecule has 1 saturated heterocycles. The van der Waals surface area contributed by atoms with Crippen LogP contribution < -0.4 is 0 Å². The van der Waals surface area contributed by atoms with Crippen LogP contribution in [0.3, 0.4) is 0 Å². The lowest BCUT2D eigenvalue weighted by Gasteiger charge is -2.16. The van der Waals surface area contributed by atoms with Gasteiger partial charge in [-0.05, 0) is 18.6 Å². The Bertz CT molecular complexity index is 424. The molecule has 1 unspecified atom stereocenters. The van der Waals surface area contributed by atoms with Crippen molar-refractivity contribution in [3.05, 3.63) is 33.8 Å². The highest BCUT2D eigenvalue weighted by Crippen LogP contribution is 2.28. The van der Waals surface area contributed by atoms with Crippen molar-refractivity contribution in [2.24, 2.45) is 0 Å². The molecule has 16 heavy (non-hydrogen) atoms. The summed E-state index contributed by atoms with van der Waals surface area (Å²) < 4.78 is 0. The zero-order valence-electron chi connectivity index (χ0n) is 8.42. The Morgan fingerprint density at radius 1 is 1.44 bits per heavy atom. The Balaban J connectivity index is 2.24. The molecule has 0 saturated carbocycles.